The zero-order valence-electron chi connectivity index (χ0n) is 2.58. The van der Waals surface area contributed by atoms with Gasteiger partial charge in [-0.15, -0.1) is 0 Å². The van der Waals surface area contributed by atoms with Crippen molar-refractivity contribution < 1.29 is 7.88 Å². The van der Waals surface area contributed by atoms with E-state index in [1.165, 1.54) is 0 Å². The fraction of sp³-hybridized carbons (Fsp3) is 0. The summed E-state index contributed by atoms with van der Waals surface area (Å²) in [6, 6.07) is 0. The molecule has 0 rings (SSSR count). The molecule has 0 amide bonds. The van der Waals surface area contributed by atoms with Gasteiger partial charge >= 0.3 is 31.5 Å². The van der Waals surface area contributed by atoms with E-state index < -0.39 is 23.6 Å². The molecule has 0 spiro atoms. The van der Waals surface area contributed by atoms with Crippen molar-refractivity contribution in [2.24, 2.45) is 0 Å². The Balaban J connectivity index is 0. The molecule has 0 N–H and O–H groups in total. The van der Waals surface area contributed by atoms with Crippen LogP contribution in [0, 0.1) is 0 Å². The summed E-state index contributed by atoms with van der Waals surface area (Å²) in [5.74, 6) is 0. The van der Waals surface area contributed by atoms with Crippen LogP contribution in [0.15, 0.2) is 0 Å². The van der Waals surface area contributed by atoms with Gasteiger partial charge in [0.25, 0.3) is 0 Å². The molecule has 0 aromatic rings. The Morgan fingerprint density at radius 1 is 1.00 bits per heavy atom. The van der Waals surface area contributed by atoms with Gasteiger partial charge in [0.05, 0.1) is 0 Å². The minimum atomic E-state index is -5.09. The average Bonchev–Trinajstić information content (AvgIpc) is 0.811. The number of halogens is 3. The molecule has 0 aliphatic carbocycles. The van der Waals surface area contributed by atoms with Gasteiger partial charge in [-0.05, 0) is 0 Å². The largest absolute Gasteiger partial charge is 0 e. The van der Waals surface area contributed by atoms with Gasteiger partial charge in [-0.25, -0.2) is 0 Å². The summed E-state index contributed by atoms with van der Waals surface area (Å²) >= 11 is -5.09. The topological polar surface area (TPSA) is 0 Å². The van der Waals surface area contributed by atoms with Crippen LogP contribution in [0.2, 0.25) is 0 Å². The van der Waals surface area contributed by atoms with Crippen molar-refractivity contribution in [3.8, 4) is 0 Å². The second kappa shape index (κ2) is 6.31. The molecular formula is BiF3K. The zero-order valence-corrected chi connectivity index (χ0v) is 9.18. The molecule has 0 aromatic carbocycles. The van der Waals surface area contributed by atoms with Crippen LogP contribution >= 0.6 is 0 Å². The molecule has 1 radical (unpaired) electrons. The second-order valence-electron chi connectivity index (χ2n) is 0.192. The van der Waals surface area contributed by atoms with Crippen molar-refractivity contribution >= 4 is 75.0 Å². The Kier molecular flexibility index (Phi) is 13.0. The van der Waals surface area contributed by atoms with Crippen molar-refractivity contribution in [2.45, 2.75) is 0 Å². The molecule has 0 aliphatic rings. The zero-order chi connectivity index (χ0) is 3.58. The fourth-order valence-electron chi connectivity index (χ4n) is 0. The summed E-state index contributed by atoms with van der Waals surface area (Å²) < 4.78 is 29.6. The maximum absolute atomic E-state index is 9.87. The van der Waals surface area contributed by atoms with Crippen LogP contribution in [0.3, 0.4) is 0 Å². The molecule has 0 saturated heterocycles. The maximum Gasteiger partial charge on any atom is 0 e. The van der Waals surface area contributed by atoms with Crippen LogP contribution in [0.4, 0.5) is 7.88 Å². The molecule has 0 unspecified atom stereocenters. The fourth-order valence-corrected chi connectivity index (χ4v) is 0. The van der Waals surface area contributed by atoms with Gasteiger partial charge in [0.2, 0.25) is 0 Å². The second-order valence-corrected chi connectivity index (χ2v) is 1.68. The van der Waals surface area contributed by atoms with Crippen LogP contribution in [-0.2, 0) is 0 Å². The van der Waals surface area contributed by atoms with Crippen molar-refractivity contribution in [3.63, 3.8) is 0 Å². The third kappa shape index (κ3) is 22.0. The van der Waals surface area contributed by atoms with Gasteiger partial charge in [-0.3, -0.25) is 0 Å². The van der Waals surface area contributed by atoms with Gasteiger partial charge in [0, 0.05) is 51.4 Å². The monoisotopic (exact) mass is 305 g/mol. The molecule has 0 atom stereocenters. The molecule has 0 heterocycles. The Hall–Kier alpha value is 2.31. The number of hydrogen-bond acceptors (Lipinski definition) is 0. The van der Waals surface area contributed by atoms with E-state index in [1.54, 1.807) is 0 Å². The average molecular weight is 305 g/mol. The first-order valence-corrected chi connectivity index (χ1v) is 4.45. The summed E-state index contributed by atoms with van der Waals surface area (Å²) in [5, 5.41) is 0. The van der Waals surface area contributed by atoms with Gasteiger partial charge < -0.3 is 0 Å². The summed E-state index contributed by atoms with van der Waals surface area (Å²) in [4.78, 5) is 0. The molecule has 0 nitrogen and oxygen atoms in total. The summed E-state index contributed by atoms with van der Waals surface area (Å²) in [7, 11) is 0. The van der Waals surface area contributed by atoms with Crippen molar-refractivity contribution in [1.82, 2.24) is 0 Å². The van der Waals surface area contributed by atoms with E-state index in [2.05, 4.69) is 0 Å². The first-order chi connectivity index (χ1) is 1.73. The Morgan fingerprint density at radius 3 is 1.00 bits per heavy atom. The minimum Gasteiger partial charge on any atom is 0 e. The maximum atomic E-state index is 9.87. The summed E-state index contributed by atoms with van der Waals surface area (Å²) in [6.07, 6.45) is 0. The van der Waals surface area contributed by atoms with Gasteiger partial charge in [0.1, 0.15) is 0 Å². The van der Waals surface area contributed by atoms with E-state index in [-0.39, 0.29) is 51.4 Å². The molecular weight excluding hydrogens is 305 g/mol. The van der Waals surface area contributed by atoms with Crippen molar-refractivity contribution in [1.29, 1.82) is 0 Å². The molecule has 5 heavy (non-hydrogen) atoms. The summed E-state index contributed by atoms with van der Waals surface area (Å²) in [6.45, 7) is 0. The number of hydrogen-bond donors (Lipinski definition) is 0. The van der Waals surface area contributed by atoms with E-state index >= 15 is 0 Å². The standard InChI is InChI=1S/Bi.3FH.K/h;3*1H;/q+3;;;;/p-3. The first-order valence-electron chi connectivity index (χ1n) is 0.507. The van der Waals surface area contributed by atoms with Crippen LogP contribution in [0.1, 0.15) is 0 Å². The van der Waals surface area contributed by atoms with Crippen molar-refractivity contribution in [2.75, 3.05) is 0 Å². The molecule has 5 heteroatoms. The minimum absolute atomic E-state index is 0. The smallest absolute Gasteiger partial charge is 0 e. The van der Waals surface area contributed by atoms with Gasteiger partial charge in [0.15, 0.2) is 0 Å². The van der Waals surface area contributed by atoms with E-state index in [0.717, 1.165) is 0 Å². The molecule has 0 saturated carbocycles. The molecule has 0 fully saturated rings. The third-order valence-corrected chi connectivity index (χ3v) is 0. The van der Waals surface area contributed by atoms with Gasteiger partial charge in [-0.1, -0.05) is 0 Å². The third-order valence-electron chi connectivity index (χ3n) is 0. The van der Waals surface area contributed by atoms with Crippen molar-refractivity contribution in [3.05, 3.63) is 0 Å². The summed E-state index contributed by atoms with van der Waals surface area (Å²) in [5.41, 5.74) is 0. The Bertz CT molecular complexity index is 11.6. The predicted molar refractivity (Wildman–Crippen MR) is 14.8 cm³/mol. The normalized spacial score (nSPS) is 7.20. The van der Waals surface area contributed by atoms with E-state index in [4.69, 9.17) is 0 Å². The first kappa shape index (κ1) is 10.3. The predicted octanol–water partition coefficient (Wildman–Crippen LogP) is 0.499. The van der Waals surface area contributed by atoms with Gasteiger partial charge in [-0.2, -0.15) is 0 Å². The van der Waals surface area contributed by atoms with Crippen LogP contribution < -0.4 is 0 Å². The molecule has 27 valence electrons. The Labute approximate surface area is 80.9 Å². The van der Waals surface area contributed by atoms with E-state index in [1.807, 2.05) is 0 Å². The van der Waals surface area contributed by atoms with Crippen LogP contribution in [-0.4, -0.2) is 75.0 Å². The van der Waals surface area contributed by atoms with E-state index in [9.17, 15) is 7.88 Å². The van der Waals surface area contributed by atoms with Crippen LogP contribution in [0.5, 0.6) is 0 Å². The quantitative estimate of drug-likeness (QED) is 0.572. The molecule has 0 aromatic heterocycles. The molecule has 0 bridgehead atoms. The van der Waals surface area contributed by atoms with E-state index in [0.29, 0.717) is 0 Å². The van der Waals surface area contributed by atoms with Crippen LogP contribution in [0.25, 0.3) is 0 Å². The number of rotatable bonds is 0. The molecule has 0 aliphatic heterocycles. The SMILES string of the molecule is [F][Bi]([F])[F].[K]. The Morgan fingerprint density at radius 2 is 1.00 bits per heavy atom.